The van der Waals surface area contributed by atoms with Gasteiger partial charge in [0, 0.05) is 19.5 Å². The summed E-state index contributed by atoms with van der Waals surface area (Å²) in [6.07, 6.45) is 3.53. The number of carbonyl (C=O) groups excluding carboxylic acids is 2. The van der Waals surface area contributed by atoms with Crippen molar-refractivity contribution in [3.63, 3.8) is 0 Å². The van der Waals surface area contributed by atoms with Gasteiger partial charge in [0.2, 0.25) is 11.8 Å². The summed E-state index contributed by atoms with van der Waals surface area (Å²) in [5.41, 5.74) is 2.44. The second-order valence-electron chi connectivity index (χ2n) is 6.07. The number of rotatable bonds is 3. The number of hydrogen-bond donors (Lipinski definition) is 0. The molecule has 1 aromatic rings. The smallest absolute Gasteiger partial charge is 0.242 e. The lowest BCUT2D eigenvalue weighted by molar-refractivity contribution is -0.139. The summed E-state index contributed by atoms with van der Waals surface area (Å²) in [5.74, 6) is 0.211. The van der Waals surface area contributed by atoms with Crippen LogP contribution in [0.2, 0.25) is 0 Å². The van der Waals surface area contributed by atoms with Crippen molar-refractivity contribution in [1.82, 2.24) is 9.80 Å². The highest BCUT2D eigenvalue weighted by Gasteiger charge is 2.32. The van der Waals surface area contributed by atoms with Gasteiger partial charge in [0.05, 0.1) is 12.6 Å². The van der Waals surface area contributed by atoms with Crippen molar-refractivity contribution in [1.29, 1.82) is 0 Å². The van der Waals surface area contributed by atoms with Crippen LogP contribution in [0.4, 0.5) is 0 Å². The van der Waals surface area contributed by atoms with Crippen LogP contribution >= 0.6 is 0 Å². The van der Waals surface area contributed by atoms with Gasteiger partial charge in [0.25, 0.3) is 0 Å². The summed E-state index contributed by atoms with van der Waals surface area (Å²) in [6.45, 7) is 3.86. The minimum atomic E-state index is 0.0910. The highest BCUT2D eigenvalue weighted by molar-refractivity contribution is 5.86. The fourth-order valence-corrected chi connectivity index (χ4v) is 3.33. The summed E-state index contributed by atoms with van der Waals surface area (Å²) < 4.78 is 0. The van der Waals surface area contributed by atoms with Crippen molar-refractivity contribution in [2.75, 3.05) is 19.6 Å². The van der Waals surface area contributed by atoms with Gasteiger partial charge in [0.1, 0.15) is 0 Å². The molecule has 2 aliphatic heterocycles. The molecule has 0 N–H and O–H groups in total. The summed E-state index contributed by atoms with van der Waals surface area (Å²) in [4.78, 5) is 27.9. The van der Waals surface area contributed by atoms with Gasteiger partial charge in [-0.1, -0.05) is 29.8 Å². The summed E-state index contributed by atoms with van der Waals surface area (Å²) in [7, 11) is 0. The molecule has 0 aromatic heterocycles. The third-order valence-corrected chi connectivity index (χ3v) is 4.53. The zero-order chi connectivity index (χ0) is 14.8. The van der Waals surface area contributed by atoms with Crippen LogP contribution in [0, 0.1) is 6.92 Å². The molecule has 2 heterocycles. The van der Waals surface area contributed by atoms with Crippen molar-refractivity contribution in [3.8, 4) is 0 Å². The highest BCUT2D eigenvalue weighted by Crippen LogP contribution is 2.32. The van der Waals surface area contributed by atoms with Crippen molar-refractivity contribution < 1.29 is 9.59 Å². The SMILES string of the molecule is Cc1ccc(C2CCCN2C(=O)CN2CCCC2=O)cc1. The van der Waals surface area contributed by atoms with Crippen LogP contribution < -0.4 is 0 Å². The average molecular weight is 286 g/mol. The first kappa shape index (κ1) is 14.1. The summed E-state index contributed by atoms with van der Waals surface area (Å²) >= 11 is 0. The third-order valence-electron chi connectivity index (χ3n) is 4.53. The minimum absolute atomic E-state index is 0.0910. The molecule has 112 valence electrons. The van der Waals surface area contributed by atoms with Crippen LogP contribution in [-0.2, 0) is 9.59 Å². The predicted octanol–water partition coefficient (Wildman–Crippen LogP) is 2.28. The number of nitrogens with zero attached hydrogens (tertiary/aromatic N) is 2. The van der Waals surface area contributed by atoms with Crippen molar-refractivity contribution in [3.05, 3.63) is 35.4 Å². The second-order valence-corrected chi connectivity index (χ2v) is 6.07. The number of likely N-dealkylation sites (tertiary alicyclic amines) is 2. The molecular weight excluding hydrogens is 264 g/mol. The zero-order valence-corrected chi connectivity index (χ0v) is 12.5. The lowest BCUT2D eigenvalue weighted by Crippen LogP contribution is -2.40. The van der Waals surface area contributed by atoms with E-state index in [0.717, 1.165) is 32.4 Å². The second kappa shape index (κ2) is 5.88. The minimum Gasteiger partial charge on any atom is -0.334 e. The van der Waals surface area contributed by atoms with Crippen LogP contribution in [-0.4, -0.2) is 41.2 Å². The molecule has 1 atom stereocenters. The lowest BCUT2D eigenvalue weighted by atomic mass is 10.0. The van der Waals surface area contributed by atoms with E-state index in [9.17, 15) is 9.59 Å². The van der Waals surface area contributed by atoms with Crippen LogP contribution in [0.1, 0.15) is 42.9 Å². The molecule has 2 fully saturated rings. The maximum Gasteiger partial charge on any atom is 0.242 e. The number of aryl methyl sites for hydroxylation is 1. The molecule has 4 heteroatoms. The lowest BCUT2D eigenvalue weighted by Gasteiger charge is -2.27. The highest BCUT2D eigenvalue weighted by atomic mass is 16.2. The number of hydrogen-bond acceptors (Lipinski definition) is 2. The Hall–Kier alpha value is -1.84. The molecule has 4 nitrogen and oxygen atoms in total. The third kappa shape index (κ3) is 2.94. The van der Waals surface area contributed by atoms with E-state index >= 15 is 0 Å². The Bertz CT molecular complexity index is 538. The van der Waals surface area contributed by atoms with Crippen molar-refractivity contribution in [2.24, 2.45) is 0 Å². The van der Waals surface area contributed by atoms with Gasteiger partial charge in [-0.15, -0.1) is 0 Å². The Morgan fingerprint density at radius 2 is 1.95 bits per heavy atom. The molecule has 1 unspecified atom stereocenters. The number of carbonyl (C=O) groups is 2. The molecule has 0 aliphatic carbocycles. The standard InChI is InChI=1S/C17H22N2O2/c1-13-6-8-14(9-7-13)15-4-2-11-19(15)17(21)12-18-10-3-5-16(18)20/h6-9,15H,2-5,10-12H2,1H3. The van der Waals surface area contributed by atoms with E-state index in [4.69, 9.17) is 0 Å². The fraction of sp³-hybridized carbons (Fsp3) is 0.529. The largest absolute Gasteiger partial charge is 0.334 e. The first-order chi connectivity index (χ1) is 10.1. The monoisotopic (exact) mass is 286 g/mol. The molecule has 0 radical (unpaired) electrons. The molecule has 0 saturated carbocycles. The molecule has 2 aliphatic rings. The van der Waals surface area contributed by atoms with E-state index in [0.29, 0.717) is 6.42 Å². The van der Waals surface area contributed by atoms with E-state index in [1.165, 1.54) is 11.1 Å². The van der Waals surface area contributed by atoms with E-state index in [2.05, 4.69) is 31.2 Å². The van der Waals surface area contributed by atoms with Crippen LogP contribution in [0.5, 0.6) is 0 Å². The Morgan fingerprint density at radius 1 is 1.19 bits per heavy atom. The van der Waals surface area contributed by atoms with E-state index in [-0.39, 0.29) is 24.4 Å². The van der Waals surface area contributed by atoms with Crippen molar-refractivity contribution >= 4 is 11.8 Å². The normalized spacial score (nSPS) is 22.1. The van der Waals surface area contributed by atoms with E-state index < -0.39 is 0 Å². The van der Waals surface area contributed by atoms with Gasteiger partial charge >= 0.3 is 0 Å². The van der Waals surface area contributed by atoms with Gasteiger partial charge in [-0.05, 0) is 31.7 Å². The fourth-order valence-electron chi connectivity index (χ4n) is 3.33. The van der Waals surface area contributed by atoms with E-state index in [1.807, 2.05) is 4.90 Å². The topological polar surface area (TPSA) is 40.6 Å². The predicted molar refractivity (Wildman–Crippen MR) is 80.7 cm³/mol. The molecule has 2 amide bonds. The van der Waals surface area contributed by atoms with Gasteiger partial charge in [-0.2, -0.15) is 0 Å². The average Bonchev–Trinajstić information content (AvgIpc) is 3.09. The maximum absolute atomic E-state index is 12.5. The summed E-state index contributed by atoms with van der Waals surface area (Å²) in [5, 5.41) is 0. The van der Waals surface area contributed by atoms with Gasteiger partial charge in [-0.25, -0.2) is 0 Å². The molecule has 0 spiro atoms. The molecule has 0 bridgehead atoms. The molecular formula is C17H22N2O2. The quantitative estimate of drug-likeness (QED) is 0.855. The van der Waals surface area contributed by atoms with Crippen LogP contribution in [0.25, 0.3) is 0 Å². The Morgan fingerprint density at radius 3 is 2.62 bits per heavy atom. The first-order valence-electron chi connectivity index (χ1n) is 7.79. The maximum atomic E-state index is 12.5. The first-order valence-corrected chi connectivity index (χ1v) is 7.79. The van der Waals surface area contributed by atoms with Crippen LogP contribution in [0.3, 0.4) is 0 Å². The zero-order valence-electron chi connectivity index (χ0n) is 12.5. The number of amides is 2. The van der Waals surface area contributed by atoms with Crippen molar-refractivity contribution in [2.45, 2.75) is 38.6 Å². The molecule has 2 saturated heterocycles. The Balaban J connectivity index is 1.69. The molecule has 21 heavy (non-hydrogen) atoms. The van der Waals surface area contributed by atoms with Gasteiger partial charge in [-0.3, -0.25) is 9.59 Å². The summed E-state index contributed by atoms with van der Waals surface area (Å²) in [6, 6.07) is 8.61. The van der Waals surface area contributed by atoms with E-state index in [1.54, 1.807) is 4.90 Å². The van der Waals surface area contributed by atoms with Crippen LogP contribution in [0.15, 0.2) is 24.3 Å². The van der Waals surface area contributed by atoms with Gasteiger partial charge in [0.15, 0.2) is 0 Å². The van der Waals surface area contributed by atoms with Gasteiger partial charge < -0.3 is 9.80 Å². The Labute approximate surface area is 125 Å². The molecule has 3 rings (SSSR count). The number of benzene rings is 1. The molecule has 1 aromatic carbocycles. The Kier molecular flexibility index (Phi) is 3.95.